The van der Waals surface area contributed by atoms with E-state index in [0.29, 0.717) is 23.2 Å². The maximum absolute atomic E-state index is 12.7. The number of nitrogens with one attached hydrogen (secondary N) is 4. The second kappa shape index (κ2) is 12.6. The Kier molecular flexibility index (Phi) is 8.54. The number of amidine groups is 2. The van der Waals surface area contributed by atoms with Gasteiger partial charge >= 0.3 is 0 Å². The summed E-state index contributed by atoms with van der Waals surface area (Å²) < 4.78 is 0. The number of benzene rings is 3. The van der Waals surface area contributed by atoms with Crippen LogP contribution in [0, 0.1) is 0 Å². The van der Waals surface area contributed by atoms with Gasteiger partial charge in [-0.15, -0.1) is 0 Å². The predicted molar refractivity (Wildman–Crippen MR) is 162 cm³/mol. The molecule has 2 unspecified atom stereocenters. The summed E-state index contributed by atoms with van der Waals surface area (Å²) in [6, 6.07) is 23.2. The molecule has 0 bridgehead atoms. The lowest BCUT2D eigenvalue weighted by Crippen LogP contribution is -2.27. The second-order valence-electron chi connectivity index (χ2n) is 10.5. The average molecular weight is 537 g/mol. The number of nitrogens with zero attached hydrogens (tertiary/aromatic N) is 2. The molecule has 0 aliphatic carbocycles. The molecular formula is C32H36N6O2. The van der Waals surface area contributed by atoms with Crippen molar-refractivity contribution in [3.8, 4) is 0 Å². The van der Waals surface area contributed by atoms with E-state index < -0.39 is 0 Å². The number of amides is 2. The fraction of sp³-hybridized carbons (Fsp3) is 0.312. The lowest BCUT2D eigenvalue weighted by atomic mass is 10.1. The summed E-state index contributed by atoms with van der Waals surface area (Å²) in [6.45, 7) is 5.94. The van der Waals surface area contributed by atoms with E-state index in [2.05, 4.69) is 45.1 Å². The Morgan fingerprint density at radius 2 is 1.00 bits per heavy atom. The molecule has 2 aliphatic rings. The first-order valence-electron chi connectivity index (χ1n) is 13.9. The van der Waals surface area contributed by atoms with E-state index in [4.69, 9.17) is 0 Å². The number of carbonyl (C=O) groups excluding carboxylic acids is 2. The number of aliphatic imine (C=N–C) groups is 2. The van der Waals surface area contributed by atoms with Crippen LogP contribution in [0.5, 0.6) is 0 Å². The van der Waals surface area contributed by atoms with Crippen LogP contribution in [0.4, 0.5) is 11.4 Å². The summed E-state index contributed by atoms with van der Waals surface area (Å²) >= 11 is 0. The molecule has 206 valence electrons. The number of carbonyl (C=O) groups is 2. The minimum Gasteiger partial charge on any atom is -0.370 e. The van der Waals surface area contributed by atoms with Crippen LogP contribution in [-0.2, 0) is 12.8 Å². The fourth-order valence-electron chi connectivity index (χ4n) is 4.76. The number of rotatable bonds is 10. The van der Waals surface area contributed by atoms with Gasteiger partial charge in [0.2, 0.25) is 0 Å². The first-order chi connectivity index (χ1) is 19.4. The van der Waals surface area contributed by atoms with Gasteiger partial charge in [-0.05, 0) is 86.3 Å². The minimum absolute atomic E-state index is 0.220. The highest BCUT2D eigenvalue weighted by atomic mass is 16.2. The zero-order valence-corrected chi connectivity index (χ0v) is 23.0. The van der Waals surface area contributed by atoms with E-state index in [-0.39, 0.29) is 11.8 Å². The summed E-state index contributed by atoms with van der Waals surface area (Å²) in [4.78, 5) is 34.5. The largest absolute Gasteiger partial charge is 0.370 e. The molecule has 0 saturated carbocycles. The fourth-order valence-corrected chi connectivity index (χ4v) is 4.76. The Morgan fingerprint density at radius 3 is 1.32 bits per heavy atom. The van der Waals surface area contributed by atoms with Crippen molar-refractivity contribution < 1.29 is 9.59 Å². The van der Waals surface area contributed by atoms with E-state index >= 15 is 0 Å². The van der Waals surface area contributed by atoms with Crippen molar-refractivity contribution in [3.63, 3.8) is 0 Å². The lowest BCUT2D eigenvalue weighted by Gasteiger charge is -2.09. The summed E-state index contributed by atoms with van der Waals surface area (Å²) in [6.07, 6.45) is 3.56. The van der Waals surface area contributed by atoms with Gasteiger partial charge in [0.05, 0.1) is 24.8 Å². The van der Waals surface area contributed by atoms with Gasteiger partial charge in [0, 0.05) is 47.4 Å². The third kappa shape index (κ3) is 7.34. The minimum atomic E-state index is -0.220. The van der Waals surface area contributed by atoms with E-state index in [9.17, 15) is 9.59 Å². The van der Waals surface area contributed by atoms with Crippen molar-refractivity contribution in [1.29, 1.82) is 0 Å². The van der Waals surface area contributed by atoms with Crippen LogP contribution in [0.15, 0.2) is 82.8 Å². The molecule has 40 heavy (non-hydrogen) atoms. The molecule has 2 aliphatic heterocycles. The first-order valence-corrected chi connectivity index (χ1v) is 13.9. The Bertz CT molecular complexity index is 1290. The van der Waals surface area contributed by atoms with Gasteiger partial charge in [0.15, 0.2) is 0 Å². The molecule has 3 aromatic carbocycles. The number of anilines is 2. The van der Waals surface area contributed by atoms with Crippen LogP contribution < -0.4 is 21.3 Å². The van der Waals surface area contributed by atoms with Crippen molar-refractivity contribution >= 4 is 34.9 Å². The first kappa shape index (κ1) is 27.1. The van der Waals surface area contributed by atoms with Crippen LogP contribution in [0.1, 0.15) is 58.5 Å². The Labute approximate surface area is 235 Å². The van der Waals surface area contributed by atoms with Gasteiger partial charge in [-0.2, -0.15) is 0 Å². The highest BCUT2D eigenvalue weighted by Gasteiger charge is 2.14. The van der Waals surface area contributed by atoms with Gasteiger partial charge in [-0.25, -0.2) is 0 Å². The molecule has 8 heteroatoms. The van der Waals surface area contributed by atoms with E-state index in [1.54, 1.807) is 24.3 Å². The summed E-state index contributed by atoms with van der Waals surface area (Å²) in [5.74, 6) is 1.69. The maximum atomic E-state index is 12.7. The quantitative estimate of drug-likeness (QED) is 0.298. The van der Waals surface area contributed by atoms with Crippen LogP contribution in [0.3, 0.4) is 0 Å². The third-order valence-electron chi connectivity index (χ3n) is 7.07. The standard InChI is InChI=1S/C32H36N6O2/c1-21-19-33-29(35-21)17-7-23-3-13-27(14-4-23)37-31(39)25-9-11-26(12-10-25)32(40)38-28-15-5-24(6-16-28)8-18-30-34-20-22(2)36-30/h3-6,9-16,21-22H,7-8,17-20H2,1-2H3,(H,33,35)(H,34,36)(H,37,39)(H,38,40). The molecule has 2 atom stereocenters. The summed E-state index contributed by atoms with van der Waals surface area (Å²) in [5.41, 5.74) is 4.81. The van der Waals surface area contributed by atoms with Gasteiger partial charge in [0.25, 0.3) is 11.8 Å². The van der Waals surface area contributed by atoms with Crippen molar-refractivity contribution in [2.45, 2.75) is 51.6 Å². The van der Waals surface area contributed by atoms with Crippen LogP contribution >= 0.6 is 0 Å². The number of hydrogen-bond acceptors (Lipinski definition) is 6. The molecule has 5 rings (SSSR count). The van der Waals surface area contributed by atoms with E-state index in [1.165, 1.54) is 11.1 Å². The van der Waals surface area contributed by atoms with Gasteiger partial charge < -0.3 is 21.3 Å². The second-order valence-corrected chi connectivity index (χ2v) is 10.5. The molecule has 0 radical (unpaired) electrons. The van der Waals surface area contributed by atoms with E-state index in [1.807, 2.05) is 48.5 Å². The summed E-state index contributed by atoms with van der Waals surface area (Å²) in [5, 5.41) is 12.6. The number of aryl methyl sites for hydroxylation is 2. The Morgan fingerprint density at radius 1 is 0.625 bits per heavy atom. The zero-order chi connectivity index (χ0) is 27.9. The molecule has 2 heterocycles. The lowest BCUT2D eigenvalue weighted by molar-refractivity contribution is 0.101. The van der Waals surface area contributed by atoms with Gasteiger partial charge in [0.1, 0.15) is 0 Å². The van der Waals surface area contributed by atoms with Crippen molar-refractivity contribution in [3.05, 3.63) is 95.1 Å². The third-order valence-corrected chi connectivity index (χ3v) is 7.07. The molecule has 3 aromatic rings. The molecule has 0 fully saturated rings. The maximum Gasteiger partial charge on any atom is 0.255 e. The smallest absolute Gasteiger partial charge is 0.255 e. The normalized spacial score (nSPS) is 17.9. The number of hydrogen-bond donors (Lipinski definition) is 4. The van der Waals surface area contributed by atoms with Crippen molar-refractivity contribution in [2.24, 2.45) is 9.98 Å². The van der Waals surface area contributed by atoms with Crippen molar-refractivity contribution in [1.82, 2.24) is 10.6 Å². The highest BCUT2D eigenvalue weighted by Crippen LogP contribution is 2.16. The average Bonchev–Trinajstić information content (AvgIpc) is 3.59. The van der Waals surface area contributed by atoms with Crippen LogP contribution in [0.25, 0.3) is 0 Å². The Balaban J connectivity index is 1.08. The summed E-state index contributed by atoms with van der Waals surface area (Å²) in [7, 11) is 0. The molecule has 8 nitrogen and oxygen atoms in total. The molecule has 0 spiro atoms. The highest BCUT2D eigenvalue weighted by molar-refractivity contribution is 6.07. The monoisotopic (exact) mass is 536 g/mol. The molecule has 2 amide bonds. The predicted octanol–water partition coefficient (Wildman–Crippen LogP) is 4.84. The van der Waals surface area contributed by atoms with Crippen LogP contribution in [-0.4, -0.2) is 48.7 Å². The molecular weight excluding hydrogens is 500 g/mol. The molecule has 0 saturated heterocycles. The van der Waals surface area contributed by atoms with Crippen molar-refractivity contribution in [2.75, 3.05) is 23.7 Å². The zero-order valence-electron chi connectivity index (χ0n) is 23.0. The van der Waals surface area contributed by atoms with Gasteiger partial charge in [-0.3, -0.25) is 19.6 Å². The molecule has 4 N–H and O–H groups in total. The topological polar surface area (TPSA) is 107 Å². The Hall–Kier alpha value is -4.46. The van der Waals surface area contributed by atoms with Crippen LogP contribution in [0.2, 0.25) is 0 Å². The SMILES string of the molecule is CC1CN=C(CCc2ccc(NC(=O)c3ccc(C(=O)Nc4ccc(CCC5=NCC(C)N5)cc4)cc3)cc2)N1. The van der Waals surface area contributed by atoms with E-state index in [0.717, 1.165) is 61.8 Å². The van der Waals surface area contributed by atoms with Gasteiger partial charge in [-0.1, -0.05) is 24.3 Å². The molecule has 0 aromatic heterocycles.